The fourth-order valence-electron chi connectivity index (χ4n) is 4.13. The lowest BCUT2D eigenvalue weighted by Crippen LogP contribution is -2.48. The number of rotatable bonds is 6. The molecule has 2 aliphatic rings. The lowest BCUT2D eigenvalue weighted by molar-refractivity contribution is 0.0848. The first-order chi connectivity index (χ1) is 14.0. The van der Waals surface area contributed by atoms with E-state index in [4.69, 9.17) is 27.6 Å². The lowest BCUT2D eigenvalue weighted by atomic mass is 9.78. The molecule has 1 saturated carbocycles. The second kappa shape index (κ2) is 8.94. The maximum atomic E-state index is 12.1. The zero-order valence-electron chi connectivity index (χ0n) is 16.5. The molecule has 0 unspecified atom stereocenters. The summed E-state index contributed by atoms with van der Waals surface area (Å²) in [5.74, 6) is 1.32. The Hall–Kier alpha value is -1.76. The van der Waals surface area contributed by atoms with Crippen molar-refractivity contribution in [3.8, 4) is 0 Å². The van der Waals surface area contributed by atoms with Gasteiger partial charge in [0.25, 0.3) is 5.91 Å². The Morgan fingerprint density at radius 2 is 2.00 bits per heavy atom. The summed E-state index contributed by atoms with van der Waals surface area (Å²) in [4.78, 5) is 20.9. The first-order valence-electron chi connectivity index (χ1n) is 10.1. The van der Waals surface area contributed by atoms with Crippen LogP contribution in [0.25, 0.3) is 0 Å². The zero-order valence-corrected chi connectivity index (χ0v) is 18.0. The minimum Gasteiger partial charge on any atom is -0.436 e. The molecule has 1 aromatic heterocycles. The highest BCUT2D eigenvalue weighted by atomic mass is 35.5. The van der Waals surface area contributed by atoms with Crippen LogP contribution < -0.4 is 10.2 Å². The highest BCUT2D eigenvalue weighted by Gasteiger charge is 2.31. The van der Waals surface area contributed by atoms with Gasteiger partial charge >= 0.3 is 0 Å². The van der Waals surface area contributed by atoms with Crippen molar-refractivity contribution in [2.24, 2.45) is 5.92 Å². The van der Waals surface area contributed by atoms with Gasteiger partial charge in [0.1, 0.15) is 0 Å². The number of amides is 1. The Labute approximate surface area is 181 Å². The van der Waals surface area contributed by atoms with Crippen LogP contribution in [-0.4, -0.2) is 54.6 Å². The number of oxazole rings is 1. The van der Waals surface area contributed by atoms with E-state index in [1.807, 2.05) is 18.2 Å². The standard InChI is InChI=1S/C21H26Cl2N4O2/c1-14-24-13-19(29-14)21(28)25-16-11-15(12-16)5-6-26-7-9-27(10-8-26)18-4-2-3-17(22)20(18)23/h2-4,13,15-16H,5-12H2,1H3,(H,25,28)/t15-,16-. The van der Waals surface area contributed by atoms with Gasteiger partial charge in [-0.1, -0.05) is 29.3 Å². The molecule has 0 radical (unpaired) electrons. The van der Waals surface area contributed by atoms with Gasteiger partial charge in [0.05, 0.1) is 21.9 Å². The molecule has 1 aliphatic heterocycles. The predicted molar refractivity (Wildman–Crippen MR) is 115 cm³/mol. The number of halogens is 2. The molecule has 156 valence electrons. The van der Waals surface area contributed by atoms with E-state index in [0.717, 1.165) is 51.3 Å². The minimum absolute atomic E-state index is 0.162. The Balaban J connectivity index is 1.15. The average Bonchev–Trinajstić information content (AvgIpc) is 3.12. The Kier molecular flexibility index (Phi) is 6.32. The number of aromatic nitrogens is 1. The van der Waals surface area contributed by atoms with E-state index >= 15 is 0 Å². The van der Waals surface area contributed by atoms with E-state index in [1.54, 1.807) is 6.92 Å². The number of carbonyl (C=O) groups is 1. The quantitative estimate of drug-likeness (QED) is 0.740. The SMILES string of the molecule is Cc1ncc(C(=O)N[C@H]2C[C@H](CCN3CCN(c4cccc(Cl)c4Cl)CC3)C2)o1. The number of hydrogen-bond donors (Lipinski definition) is 1. The van der Waals surface area contributed by atoms with Gasteiger partial charge in [-0.15, -0.1) is 0 Å². The highest BCUT2D eigenvalue weighted by Crippen LogP contribution is 2.33. The summed E-state index contributed by atoms with van der Waals surface area (Å²) in [6, 6.07) is 6.06. The lowest BCUT2D eigenvalue weighted by Gasteiger charge is -2.39. The molecule has 0 spiro atoms. The topological polar surface area (TPSA) is 61.6 Å². The normalized spacial score (nSPS) is 22.4. The maximum Gasteiger partial charge on any atom is 0.288 e. The maximum absolute atomic E-state index is 12.1. The molecule has 4 rings (SSSR count). The summed E-state index contributed by atoms with van der Waals surface area (Å²) < 4.78 is 5.27. The molecule has 2 heterocycles. The number of nitrogens with zero attached hydrogens (tertiary/aromatic N) is 3. The molecule has 2 fully saturated rings. The molecule has 1 N–H and O–H groups in total. The van der Waals surface area contributed by atoms with Gasteiger partial charge in [-0.25, -0.2) is 4.98 Å². The zero-order chi connectivity index (χ0) is 20.4. The van der Waals surface area contributed by atoms with Crippen LogP contribution in [0.3, 0.4) is 0 Å². The largest absolute Gasteiger partial charge is 0.436 e. The van der Waals surface area contributed by atoms with E-state index in [-0.39, 0.29) is 11.9 Å². The molecular weight excluding hydrogens is 411 g/mol. The number of piperazine rings is 1. The molecule has 29 heavy (non-hydrogen) atoms. The van der Waals surface area contributed by atoms with Crippen molar-refractivity contribution >= 4 is 34.8 Å². The number of aryl methyl sites for hydroxylation is 1. The van der Waals surface area contributed by atoms with Crippen LogP contribution in [0, 0.1) is 12.8 Å². The average molecular weight is 437 g/mol. The summed E-state index contributed by atoms with van der Waals surface area (Å²) in [6.07, 6.45) is 4.73. The van der Waals surface area contributed by atoms with Crippen molar-refractivity contribution in [2.45, 2.75) is 32.2 Å². The predicted octanol–water partition coefficient (Wildman–Crippen LogP) is 4.01. The van der Waals surface area contributed by atoms with Gasteiger partial charge in [0, 0.05) is 39.1 Å². The summed E-state index contributed by atoms with van der Waals surface area (Å²) in [5.41, 5.74) is 1.03. The smallest absolute Gasteiger partial charge is 0.288 e. The molecule has 6 nitrogen and oxygen atoms in total. The van der Waals surface area contributed by atoms with Crippen LogP contribution >= 0.6 is 23.2 Å². The Morgan fingerprint density at radius 3 is 2.69 bits per heavy atom. The highest BCUT2D eigenvalue weighted by molar-refractivity contribution is 6.43. The Morgan fingerprint density at radius 1 is 1.24 bits per heavy atom. The van der Waals surface area contributed by atoms with E-state index in [0.29, 0.717) is 27.6 Å². The second-order valence-electron chi connectivity index (χ2n) is 7.94. The van der Waals surface area contributed by atoms with Crippen LogP contribution in [0.4, 0.5) is 5.69 Å². The van der Waals surface area contributed by atoms with Gasteiger partial charge in [0.2, 0.25) is 5.76 Å². The fraction of sp³-hybridized carbons (Fsp3) is 0.524. The summed E-state index contributed by atoms with van der Waals surface area (Å²) in [6.45, 7) is 6.81. The number of hydrogen-bond acceptors (Lipinski definition) is 5. The third-order valence-corrected chi connectivity index (χ3v) is 6.72. The van der Waals surface area contributed by atoms with Crippen LogP contribution in [-0.2, 0) is 0 Å². The number of carbonyl (C=O) groups excluding carboxylic acids is 1. The fourth-order valence-corrected chi connectivity index (χ4v) is 4.54. The van der Waals surface area contributed by atoms with E-state index < -0.39 is 0 Å². The van der Waals surface area contributed by atoms with Gasteiger partial charge in [-0.3, -0.25) is 9.69 Å². The minimum atomic E-state index is -0.162. The molecule has 2 aromatic rings. The van der Waals surface area contributed by atoms with Crippen molar-refractivity contribution in [2.75, 3.05) is 37.6 Å². The van der Waals surface area contributed by atoms with Gasteiger partial charge < -0.3 is 14.6 Å². The van der Waals surface area contributed by atoms with Crippen molar-refractivity contribution in [3.63, 3.8) is 0 Å². The van der Waals surface area contributed by atoms with Gasteiger partial charge in [0.15, 0.2) is 5.89 Å². The molecule has 0 bridgehead atoms. The van der Waals surface area contributed by atoms with Crippen LogP contribution in [0.15, 0.2) is 28.8 Å². The van der Waals surface area contributed by atoms with Crippen molar-refractivity contribution in [1.29, 1.82) is 0 Å². The molecule has 8 heteroatoms. The first-order valence-corrected chi connectivity index (χ1v) is 10.9. The van der Waals surface area contributed by atoms with Crippen LogP contribution in [0.1, 0.15) is 35.7 Å². The van der Waals surface area contributed by atoms with E-state index in [2.05, 4.69) is 20.1 Å². The summed E-state index contributed by atoms with van der Waals surface area (Å²) in [7, 11) is 0. The molecule has 1 aromatic carbocycles. The molecule has 1 saturated heterocycles. The molecule has 1 aliphatic carbocycles. The van der Waals surface area contributed by atoms with Crippen LogP contribution in [0.2, 0.25) is 10.0 Å². The van der Waals surface area contributed by atoms with E-state index in [9.17, 15) is 4.79 Å². The Bertz CT molecular complexity index is 858. The second-order valence-corrected chi connectivity index (χ2v) is 8.73. The molecule has 1 amide bonds. The van der Waals surface area contributed by atoms with E-state index in [1.165, 1.54) is 12.6 Å². The van der Waals surface area contributed by atoms with Crippen molar-refractivity contribution < 1.29 is 9.21 Å². The number of benzene rings is 1. The monoisotopic (exact) mass is 436 g/mol. The van der Waals surface area contributed by atoms with Crippen molar-refractivity contribution in [1.82, 2.24) is 15.2 Å². The van der Waals surface area contributed by atoms with Gasteiger partial charge in [-0.05, 0) is 43.9 Å². The van der Waals surface area contributed by atoms with Crippen molar-refractivity contribution in [3.05, 3.63) is 46.1 Å². The number of nitrogens with one attached hydrogen (secondary N) is 1. The summed E-state index contributed by atoms with van der Waals surface area (Å²) in [5, 5.41) is 4.28. The number of anilines is 1. The summed E-state index contributed by atoms with van der Waals surface area (Å²) >= 11 is 12.5. The first kappa shape index (κ1) is 20.5. The van der Waals surface area contributed by atoms with Crippen LogP contribution in [0.5, 0.6) is 0 Å². The third-order valence-electron chi connectivity index (χ3n) is 5.91. The molecular formula is C21H26Cl2N4O2. The third kappa shape index (κ3) is 4.87. The van der Waals surface area contributed by atoms with Gasteiger partial charge in [-0.2, -0.15) is 0 Å². The molecule has 0 atom stereocenters.